The highest BCUT2D eigenvalue weighted by Crippen LogP contribution is 2.24. The van der Waals surface area contributed by atoms with Crippen LogP contribution in [0.5, 0.6) is 0 Å². The SMILES string of the molecule is CN(C(=O)c1cccc(NC2CC2)n1)c1ccccc1. The van der Waals surface area contributed by atoms with E-state index in [9.17, 15) is 4.79 Å². The maximum Gasteiger partial charge on any atom is 0.276 e. The predicted molar refractivity (Wildman–Crippen MR) is 80.1 cm³/mol. The van der Waals surface area contributed by atoms with Crippen molar-refractivity contribution < 1.29 is 4.79 Å². The summed E-state index contributed by atoms with van der Waals surface area (Å²) in [6.45, 7) is 0. The molecular weight excluding hydrogens is 250 g/mol. The first-order valence-electron chi connectivity index (χ1n) is 6.81. The van der Waals surface area contributed by atoms with Crippen LogP contribution in [0.2, 0.25) is 0 Å². The lowest BCUT2D eigenvalue weighted by molar-refractivity contribution is 0.0988. The fraction of sp³-hybridized carbons (Fsp3) is 0.250. The van der Waals surface area contributed by atoms with Gasteiger partial charge in [-0.2, -0.15) is 0 Å². The number of pyridine rings is 1. The predicted octanol–water partition coefficient (Wildman–Crippen LogP) is 2.93. The van der Waals surface area contributed by atoms with E-state index in [4.69, 9.17) is 0 Å². The Kier molecular flexibility index (Phi) is 3.37. The molecule has 1 N–H and O–H groups in total. The van der Waals surface area contributed by atoms with Crippen LogP contribution in [0.3, 0.4) is 0 Å². The molecule has 0 unspecified atom stereocenters. The minimum Gasteiger partial charge on any atom is -0.367 e. The Hall–Kier alpha value is -2.36. The number of hydrogen-bond donors (Lipinski definition) is 1. The number of anilines is 2. The van der Waals surface area contributed by atoms with Crippen molar-refractivity contribution in [2.24, 2.45) is 0 Å². The van der Waals surface area contributed by atoms with Crippen molar-refractivity contribution >= 4 is 17.4 Å². The molecule has 102 valence electrons. The molecule has 4 heteroatoms. The normalized spacial score (nSPS) is 13.8. The molecule has 1 heterocycles. The Morgan fingerprint density at radius 1 is 1.15 bits per heavy atom. The third kappa shape index (κ3) is 2.79. The molecule has 1 aliphatic rings. The Balaban J connectivity index is 1.79. The van der Waals surface area contributed by atoms with E-state index in [0.717, 1.165) is 11.5 Å². The molecule has 1 fully saturated rings. The monoisotopic (exact) mass is 267 g/mol. The average Bonchev–Trinajstić information content (AvgIpc) is 3.31. The van der Waals surface area contributed by atoms with Gasteiger partial charge in [0.1, 0.15) is 11.5 Å². The van der Waals surface area contributed by atoms with Gasteiger partial charge in [-0.15, -0.1) is 0 Å². The van der Waals surface area contributed by atoms with Gasteiger partial charge in [0.15, 0.2) is 0 Å². The largest absolute Gasteiger partial charge is 0.367 e. The van der Waals surface area contributed by atoms with E-state index in [1.165, 1.54) is 12.8 Å². The number of rotatable bonds is 4. The molecule has 2 aromatic rings. The lowest BCUT2D eigenvalue weighted by Gasteiger charge is -2.17. The summed E-state index contributed by atoms with van der Waals surface area (Å²) in [5.41, 5.74) is 1.32. The maximum absolute atomic E-state index is 12.4. The highest BCUT2D eigenvalue weighted by Gasteiger charge is 2.22. The first-order valence-corrected chi connectivity index (χ1v) is 6.81. The van der Waals surface area contributed by atoms with Gasteiger partial charge in [0, 0.05) is 18.8 Å². The summed E-state index contributed by atoms with van der Waals surface area (Å²) >= 11 is 0. The molecule has 1 aliphatic carbocycles. The minimum absolute atomic E-state index is 0.101. The molecule has 0 saturated heterocycles. The summed E-state index contributed by atoms with van der Waals surface area (Å²) in [7, 11) is 1.76. The Morgan fingerprint density at radius 2 is 1.90 bits per heavy atom. The summed E-state index contributed by atoms with van der Waals surface area (Å²) in [6, 6.07) is 15.6. The number of carbonyl (C=O) groups excluding carboxylic acids is 1. The molecular formula is C16H17N3O. The average molecular weight is 267 g/mol. The first kappa shape index (κ1) is 12.7. The van der Waals surface area contributed by atoms with E-state index in [1.807, 2.05) is 42.5 Å². The van der Waals surface area contributed by atoms with Crippen molar-refractivity contribution in [1.29, 1.82) is 0 Å². The molecule has 1 aromatic carbocycles. The number of nitrogens with zero attached hydrogens (tertiary/aromatic N) is 2. The second-order valence-corrected chi connectivity index (χ2v) is 5.03. The van der Waals surface area contributed by atoms with Gasteiger partial charge in [0.2, 0.25) is 0 Å². The Bertz CT molecular complexity index is 608. The third-order valence-corrected chi connectivity index (χ3v) is 3.35. The van der Waals surface area contributed by atoms with E-state index >= 15 is 0 Å². The van der Waals surface area contributed by atoms with Gasteiger partial charge in [-0.1, -0.05) is 24.3 Å². The summed E-state index contributed by atoms with van der Waals surface area (Å²) in [5, 5.41) is 3.31. The van der Waals surface area contributed by atoms with E-state index in [-0.39, 0.29) is 5.91 Å². The van der Waals surface area contributed by atoms with Gasteiger partial charge in [0.05, 0.1) is 0 Å². The molecule has 0 spiro atoms. The number of hydrogen-bond acceptors (Lipinski definition) is 3. The summed E-state index contributed by atoms with van der Waals surface area (Å²) in [6.07, 6.45) is 2.37. The number of aromatic nitrogens is 1. The maximum atomic E-state index is 12.4. The molecule has 3 rings (SSSR count). The van der Waals surface area contributed by atoms with Crippen molar-refractivity contribution in [2.45, 2.75) is 18.9 Å². The molecule has 0 bridgehead atoms. The van der Waals surface area contributed by atoms with Crippen molar-refractivity contribution in [1.82, 2.24) is 4.98 Å². The molecule has 1 saturated carbocycles. The van der Waals surface area contributed by atoms with Crippen LogP contribution in [0.1, 0.15) is 23.3 Å². The Morgan fingerprint density at radius 3 is 2.60 bits per heavy atom. The van der Waals surface area contributed by atoms with Crippen LogP contribution in [0.15, 0.2) is 48.5 Å². The number of para-hydroxylation sites is 1. The van der Waals surface area contributed by atoms with Crippen LogP contribution >= 0.6 is 0 Å². The second-order valence-electron chi connectivity index (χ2n) is 5.03. The fourth-order valence-corrected chi connectivity index (χ4v) is 2.01. The summed E-state index contributed by atoms with van der Waals surface area (Å²) < 4.78 is 0. The third-order valence-electron chi connectivity index (χ3n) is 3.35. The molecule has 0 radical (unpaired) electrons. The van der Waals surface area contributed by atoms with Gasteiger partial charge in [-0.05, 0) is 37.1 Å². The lowest BCUT2D eigenvalue weighted by atomic mass is 10.2. The number of amides is 1. The standard InChI is InChI=1S/C16H17N3O/c1-19(13-6-3-2-4-7-13)16(20)14-8-5-9-15(18-14)17-12-10-11-12/h2-9,12H,10-11H2,1H3,(H,17,18). The van der Waals surface area contributed by atoms with E-state index in [1.54, 1.807) is 18.0 Å². The van der Waals surface area contributed by atoms with Crippen LogP contribution in [0.4, 0.5) is 11.5 Å². The van der Waals surface area contributed by atoms with Gasteiger partial charge < -0.3 is 10.2 Å². The topological polar surface area (TPSA) is 45.2 Å². The molecule has 1 amide bonds. The van der Waals surface area contributed by atoms with E-state index in [0.29, 0.717) is 11.7 Å². The van der Waals surface area contributed by atoms with Crippen LogP contribution < -0.4 is 10.2 Å². The summed E-state index contributed by atoms with van der Waals surface area (Å²) in [4.78, 5) is 18.4. The van der Waals surface area contributed by atoms with E-state index < -0.39 is 0 Å². The molecule has 0 aliphatic heterocycles. The van der Waals surface area contributed by atoms with Crippen molar-refractivity contribution in [3.63, 3.8) is 0 Å². The molecule has 0 atom stereocenters. The molecule has 1 aromatic heterocycles. The van der Waals surface area contributed by atoms with Crippen molar-refractivity contribution in [3.05, 3.63) is 54.2 Å². The highest BCUT2D eigenvalue weighted by molar-refractivity contribution is 6.04. The lowest BCUT2D eigenvalue weighted by Crippen LogP contribution is -2.27. The van der Waals surface area contributed by atoms with Crippen LogP contribution in [0.25, 0.3) is 0 Å². The van der Waals surface area contributed by atoms with E-state index in [2.05, 4.69) is 10.3 Å². The van der Waals surface area contributed by atoms with Crippen LogP contribution in [-0.2, 0) is 0 Å². The smallest absolute Gasteiger partial charge is 0.276 e. The number of nitrogens with one attached hydrogen (secondary N) is 1. The summed E-state index contributed by atoms with van der Waals surface area (Å²) in [5.74, 6) is 0.676. The zero-order valence-electron chi connectivity index (χ0n) is 11.4. The van der Waals surface area contributed by atoms with Gasteiger partial charge in [-0.25, -0.2) is 4.98 Å². The zero-order valence-corrected chi connectivity index (χ0v) is 11.4. The zero-order chi connectivity index (χ0) is 13.9. The van der Waals surface area contributed by atoms with Crippen LogP contribution in [0, 0.1) is 0 Å². The fourth-order valence-electron chi connectivity index (χ4n) is 2.01. The Labute approximate surface area is 118 Å². The number of benzene rings is 1. The minimum atomic E-state index is -0.101. The van der Waals surface area contributed by atoms with Crippen molar-refractivity contribution in [2.75, 3.05) is 17.3 Å². The highest BCUT2D eigenvalue weighted by atomic mass is 16.2. The quantitative estimate of drug-likeness (QED) is 0.926. The molecule has 4 nitrogen and oxygen atoms in total. The van der Waals surface area contributed by atoms with Gasteiger partial charge >= 0.3 is 0 Å². The number of carbonyl (C=O) groups is 1. The van der Waals surface area contributed by atoms with Crippen molar-refractivity contribution in [3.8, 4) is 0 Å². The molecule has 20 heavy (non-hydrogen) atoms. The van der Waals surface area contributed by atoms with Gasteiger partial charge in [-0.3, -0.25) is 4.79 Å². The second kappa shape index (κ2) is 5.33. The van der Waals surface area contributed by atoms with Crippen LogP contribution in [-0.4, -0.2) is 24.0 Å². The first-order chi connectivity index (χ1) is 9.74. The van der Waals surface area contributed by atoms with Gasteiger partial charge in [0.25, 0.3) is 5.91 Å².